The predicted octanol–water partition coefficient (Wildman–Crippen LogP) is 1.87. The van der Waals surface area contributed by atoms with Gasteiger partial charge in [-0.15, -0.1) is 0 Å². The summed E-state index contributed by atoms with van der Waals surface area (Å²) < 4.78 is 16.3. The van der Waals surface area contributed by atoms with Crippen molar-refractivity contribution in [3.8, 4) is 0 Å². The van der Waals surface area contributed by atoms with Crippen LogP contribution < -0.4 is 0 Å². The van der Waals surface area contributed by atoms with Crippen LogP contribution in [0.2, 0.25) is 6.04 Å². The second-order valence-corrected chi connectivity index (χ2v) is 5.21. The zero-order valence-corrected chi connectivity index (χ0v) is 9.26. The zero-order valence-electron chi connectivity index (χ0n) is 8.26. The van der Waals surface area contributed by atoms with Gasteiger partial charge in [-0.3, -0.25) is 0 Å². The van der Waals surface area contributed by atoms with E-state index in [-0.39, 0.29) is 0 Å². The average molecular weight is 191 g/mol. The molecule has 0 aromatic carbocycles. The van der Waals surface area contributed by atoms with Gasteiger partial charge in [-0.05, 0) is 20.3 Å². The van der Waals surface area contributed by atoms with Crippen molar-refractivity contribution in [2.24, 2.45) is 0 Å². The fourth-order valence-corrected chi connectivity index (χ4v) is 3.19. The van der Waals surface area contributed by atoms with E-state index in [4.69, 9.17) is 13.3 Å². The van der Waals surface area contributed by atoms with E-state index < -0.39 is 8.80 Å². The Morgan fingerprint density at radius 1 is 1.17 bits per heavy atom. The van der Waals surface area contributed by atoms with Crippen LogP contribution >= 0.6 is 0 Å². The Labute approximate surface area is 76.4 Å². The molecule has 0 aliphatic rings. The maximum Gasteiger partial charge on any atom is 0.500 e. The van der Waals surface area contributed by atoms with Crippen LogP contribution in [0.5, 0.6) is 0 Å². The molecule has 0 heterocycles. The minimum Gasteiger partial charge on any atom is -0.377 e. The maximum atomic E-state index is 5.51. The zero-order chi connectivity index (χ0) is 9.45. The van der Waals surface area contributed by atoms with Gasteiger partial charge < -0.3 is 13.3 Å². The molecule has 0 saturated heterocycles. The van der Waals surface area contributed by atoms with E-state index in [1.54, 1.807) is 7.11 Å². The SMILES string of the molecule is [CH2]CC[Si](OC)(OCC)OCC. The molecule has 0 amide bonds. The Hall–Kier alpha value is 0.0969. The first-order valence-corrected chi connectivity index (χ1v) is 6.30. The molecule has 0 N–H and O–H groups in total. The second-order valence-electron chi connectivity index (χ2n) is 2.36. The van der Waals surface area contributed by atoms with Crippen LogP contribution in [0.3, 0.4) is 0 Å². The predicted molar refractivity (Wildman–Crippen MR) is 50.8 cm³/mol. The first-order valence-electron chi connectivity index (χ1n) is 4.37. The summed E-state index contributed by atoms with van der Waals surface area (Å²) in [5, 5.41) is 0. The molecule has 0 saturated carbocycles. The van der Waals surface area contributed by atoms with Crippen molar-refractivity contribution in [1.29, 1.82) is 0 Å². The normalized spacial score (nSPS) is 12.0. The Morgan fingerprint density at radius 2 is 1.67 bits per heavy atom. The van der Waals surface area contributed by atoms with Crippen molar-refractivity contribution in [1.82, 2.24) is 0 Å². The summed E-state index contributed by atoms with van der Waals surface area (Å²) in [7, 11) is -0.686. The van der Waals surface area contributed by atoms with Gasteiger partial charge >= 0.3 is 8.80 Å². The molecule has 4 heteroatoms. The third-order valence-corrected chi connectivity index (χ3v) is 4.57. The summed E-state index contributed by atoms with van der Waals surface area (Å²) in [4.78, 5) is 0. The van der Waals surface area contributed by atoms with Gasteiger partial charge in [0, 0.05) is 26.4 Å². The van der Waals surface area contributed by atoms with Crippen molar-refractivity contribution in [3.63, 3.8) is 0 Å². The lowest BCUT2D eigenvalue weighted by atomic mass is 10.6. The van der Waals surface area contributed by atoms with Crippen LogP contribution in [0.15, 0.2) is 0 Å². The molecule has 1 radical (unpaired) electrons. The Bertz CT molecular complexity index is 91.5. The van der Waals surface area contributed by atoms with Gasteiger partial charge in [-0.2, -0.15) is 0 Å². The highest BCUT2D eigenvalue weighted by Crippen LogP contribution is 2.16. The maximum absolute atomic E-state index is 5.51. The van der Waals surface area contributed by atoms with E-state index in [1.165, 1.54) is 0 Å². The van der Waals surface area contributed by atoms with Crippen molar-refractivity contribution in [3.05, 3.63) is 6.92 Å². The largest absolute Gasteiger partial charge is 0.500 e. The molecule has 0 aliphatic heterocycles. The summed E-state index contributed by atoms with van der Waals surface area (Å²) in [5.41, 5.74) is 0. The van der Waals surface area contributed by atoms with Crippen LogP contribution in [0.1, 0.15) is 20.3 Å². The van der Waals surface area contributed by atoms with Gasteiger partial charge in [-0.1, -0.05) is 6.92 Å². The fraction of sp³-hybridized carbons (Fsp3) is 0.875. The van der Waals surface area contributed by atoms with Gasteiger partial charge in [0.25, 0.3) is 0 Å². The first kappa shape index (κ1) is 12.1. The average Bonchev–Trinajstić information content (AvgIpc) is 2.06. The lowest BCUT2D eigenvalue weighted by molar-refractivity contribution is 0.0869. The molecule has 0 unspecified atom stereocenters. The highest BCUT2D eigenvalue weighted by atomic mass is 28.4. The Kier molecular flexibility index (Phi) is 6.65. The molecule has 0 aromatic heterocycles. The molecule has 0 fully saturated rings. The molecule has 73 valence electrons. The highest BCUT2D eigenvalue weighted by Gasteiger charge is 2.37. The van der Waals surface area contributed by atoms with E-state index in [1.807, 2.05) is 13.8 Å². The summed E-state index contributed by atoms with van der Waals surface area (Å²) in [6.07, 6.45) is 0.792. The van der Waals surface area contributed by atoms with Gasteiger partial charge in [0.2, 0.25) is 0 Å². The van der Waals surface area contributed by atoms with E-state index >= 15 is 0 Å². The molecule has 0 aromatic rings. The summed E-state index contributed by atoms with van der Waals surface area (Å²) >= 11 is 0. The van der Waals surface area contributed by atoms with Gasteiger partial charge in [-0.25, -0.2) is 0 Å². The third kappa shape index (κ3) is 3.67. The standard InChI is InChI=1S/C8H19O3Si/c1-5-8-12(9-4,10-6-2)11-7-3/h1,5-8H2,2-4H3. The lowest BCUT2D eigenvalue weighted by Gasteiger charge is -2.26. The molecule has 0 atom stereocenters. The van der Waals surface area contributed by atoms with Crippen LogP contribution in [-0.2, 0) is 13.3 Å². The Morgan fingerprint density at radius 3 is 1.92 bits per heavy atom. The first-order chi connectivity index (χ1) is 5.74. The van der Waals surface area contributed by atoms with E-state index in [0.29, 0.717) is 13.2 Å². The van der Waals surface area contributed by atoms with Gasteiger partial charge in [0.05, 0.1) is 0 Å². The van der Waals surface area contributed by atoms with Crippen molar-refractivity contribution in [2.75, 3.05) is 20.3 Å². The summed E-state index contributed by atoms with van der Waals surface area (Å²) in [5.74, 6) is 0. The third-order valence-electron chi connectivity index (χ3n) is 1.52. The molecule has 0 rings (SSSR count). The topological polar surface area (TPSA) is 27.7 Å². The van der Waals surface area contributed by atoms with Gasteiger partial charge in [0.1, 0.15) is 0 Å². The summed E-state index contributed by atoms with van der Waals surface area (Å²) in [6, 6.07) is 0.797. The van der Waals surface area contributed by atoms with Gasteiger partial charge in [0.15, 0.2) is 0 Å². The van der Waals surface area contributed by atoms with Crippen LogP contribution in [-0.4, -0.2) is 29.1 Å². The molecule has 3 nitrogen and oxygen atoms in total. The lowest BCUT2D eigenvalue weighted by Crippen LogP contribution is -2.44. The Balaban J connectivity index is 4.06. The number of hydrogen-bond donors (Lipinski definition) is 0. The smallest absolute Gasteiger partial charge is 0.377 e. The minimum absolute atomic E-state index is 0.639. The number of hydrogen-bond acceptors (Lipinski definition) is 3. The molecule has 12 heavy (non-hydrogen) atoms. The van der Waals surface area contributed by atoms with Crippen LogP contribution in [0.4, 0.5) is 0 Å². The number of rotatable bonds is 7. The molecular formula is C8H19O3Si. The van der Waals surface area contributed by atoms with E-state index in [9.17, 15) is 0 Å². The molecule has 0 bridgehead atoms. The molecular weight excluding hydrogens is 172 g/mol. The fourth-order valence-electron chi connectivity index (χ4n) is 1.06. The quantitative estimate of drug-likeness (QED) is 0.575. The van der Waals surface area contributed by atoms with Crippen molar-refractivity contribution >= 4 is 8.80 Å². The van der Waals surface area contributed by atoms with Crippen molar-refractivity contribution < 1.29 is 13.3 Å². The molecule has 0 spiro atoms. The molecule has 0 aliphatic carbocycles. The van der Waals surface area contributed by atoms with E-state index in [0.717, 1.165) is 12.5 Å². The van der Waals surface area contributed by atoms with Crippen LogP contribution in [0, 0.1) is 6.92 Å². The highest BCUT2D eigenvalue weighted by molar-refractivity contribution is 6.60. The minimum atomic E-state index is -2.33. The van der Waals surface area contributed by atoms with Crippen LogP contribution in [0.25, 0.3) is 0 Å². The monoisotopic (exact) mass is 191 g/mol. The van der Waals surface area contributed by atoms with Crippen molar-refractivity contribution in [2.45, 2.75) is 26.3 Å². The van der Waals surface area contributed by atoms with E-state index in [2.05, 4.69) is 6.92 Å². The summed E-state index contributed by atoms with van der Waals surface area (Å²) in [6.45, 7) is 8.95. The second kappa shape index (κ2) is 6.60.